The Morgan fingerprint density at radius 1 is 1.28 bits per heavy atom. The lowest BCUT2D eigenvalue weighted by Gasteiger charge is -2.21. The molecule has 6 nitrogen and oxygen atoms in total. The monoisotopic (exact) mass is 349 g/mol. The standard InChI is InChI=1S/C19H35N5O/c1-7-20-19(22-13-11-17(15(3)4)25-8-2)23-14-16-10-9-12-21-18(16)24(5)6/h9-10,12,15,17H,7-8,11,13-14H2,1-6H3,(H2,20,22,23). The molecular weight excluding hydrogens is 314 g/mol. The van der Waals surface area contributed by atoms with Gasteiger partial charge >= 0.3 is 0 Å². The summed E-state index contributed by atoms with van der Waals surface area (Å²) in [6.45, 7) is 11.5. The highest BCUT2D eigenvalue weighted by atomic mass is 16.5. The van der Waals surface area contributed by atoms with Crippen molar-refractivity contribution in [1.29, 1.82) is 0 Å². The van der Waals surface area contributed by atoms with E-state index in [0.29, 0.717) is 12.5 Å². The van der Waals surface area contributed by atoms with Crippen molar-refractivity contribution in [2.45, 2.75) is 46.8 Å². The average molecular weight is 350 g/mol. The Hall–Kier alpha value is -1.82. The first-order valence-electron chi connectivity index (χ1n) is 9.24. The minimum absolute atomic E-state index is 0.277. The number of hydrogen-bond donors (Lipinski definition) is 2. The van der Waals surface area contributed by atoms with Crippen LogP contribution in [0.5, 0.6) is 0 Å². The van der Waals surface area contributed by atoms with Gasteiger partial charge in [0, 0.05) is 45.6 Å². The van der Waals surface area contributed by atoms with Crippen molar-refractivity contribution in [3.63, 3.8) is 0 Å². The quantitative estimate of drug-likeness (QED) is 0.502. The number of rotatable bonds is 10. The topological polar surface area (TPSA) is 61.8 Å². The smallest absolute Gasteiger partial charge is 0.191 e. The molecule has 1 atom stereocenters. The van der Waals surface area contributed by atoms with Crippen LogP contribution in [0.2, 0.25) is 0 Å². The van der Waals surface area contributed by atoms with Crippen LogP contribution in [0, 0.1) is 5.92 Å². The maximum Gasteiger partial charge on any atom is 0.191 e. The van der Waals surface area contributed by atoms with E-state index in [4.69, 9.17) is 9.73 Å². The molecule has 0 aliphatic rings. The van der Waals surface area contributed by atoms with Crippen LogP contribution in [0.3, 0.4) is 0 Å². The first-order valence-corrected chi connectivity index (χ1v) is 9.24. The lowest BCUT2D eigenvalue weighted by atomic mass is 10.0. The van der Waals surface area contributed by atoms with Crippen LogP contribution in [0.25, 0.3) is 0 Å². The van der Waals surface area contributed by atoms with E-state index >= 15 is 0 Å². The van der Waals surface area contributed by atoms with Gasteiger partial charge in [0.2, 0.25) is 0 Å². The van der Waals surface area contributed by atoms with Crippen molar-refractivity contribution < 1.29 is 4.74 Å². The average Bonchev–Trinajstić information content (AvgIpc) is 2.58. The summed E-state index contributed by atoms with van der Waals surface area (Å²) in [6, 6.07) is 4.02. The number of aliphatic imine (C=N–C) groups is 1. The largest absolute Gasteiger partial charge is 0.378 e. The molecule has 0 spiro atoms. The maximum atomic E-state index is 5.80. The molecule has 25 heavy (non-hydrogen) atoms. The molecule has 6 heteroatoms. The lowest BCUT2D eigenvalue weighted by Crippen LogP contribution is -2.39. The highest BCUT2D eigenvalue weighted by Gasteiger charge is 2.13. The highest BCUT2D eigenvalue weighted by Crippen LogP contribution is 2.15. The maximum absolute atomic E-state index is 5.80. The van der Waals surface area contributed by atoms with Crippen LogP contribution >= 0.6 is 0 Å². The molecule has 0 bridgehead atoms. The van der Waals surface area contributed by atoms with E-state index in [9.17, 15) is 0 Å². The Bertz CT molecular complexity index is 516. The summed E-state index contributed by atoms with van der Waals surface area (Å²) in [5.74, 6) is 2.30. The Labute approximate surface area is 153 Å². The zero-order valence-electron chi connectivity index (χ0n) is 16.7. The molecular formula is C19H35N5O. The van der Waals surface area contributed by atoms with Crippen molar-refractivity contribution in [3.8, 4) is 0 Å². The predicted octanol–water partition coefficient (Wildman–Crippen LogP) is 2.65. The van der Waals surface area contributed by atoms with E-state index in [1.807, 2.05) is 38.2 Å². The molecule has 0 saturated heterocycles. The van der Waals surface area contributed by atoms with Gasteiger partial charge in [0.1, 0.15) is 5.82 Å². The van der Waals surface area contributed by atoms with Crippen molar-refractivity contribution in [2.75, 3.05) is 38.7 Å². The SMILES string of the molecule is CCNC(=NCc1cccnc1N(C)C)NCCC(OCC)C(C)C. The van der Waals surface area contributed by atoms with E-state index in [-0.39, 0.29) is 6.10 Å². The summed E-state index contributed by atoms with van der Waals surface area (Å²) in [5.41, 5.74) is 1.11. The summed E-state index contributed by atoms with van der Waals surface area (Å²) in [6.07, 6.45) is 3.05. The summed E-state index contributed by atoms with van der Waals surface area (Å²) < 4.78 is 5.80. The minimum Gasteiger partial charge on any atom is -0.378 e. The molecule has 0 aliphatic heterocycles. The number of guanidine groups is 1. The van der Waals surface area contributed by atoms with Crippen LogP contribution in [0.4, 0.5) is 5.82 Å². The van der Waals surface area contributed by atoms with E-state index in [0.717, 1.165) is 43.5 Å². The Kier molecular flexibility index (Phi) is 9.92. The van der Waals surface area contributed by atoms with Crippen LogP contribution in [0.15, 0.2) is 23.3 Å². The van der Waals surface area contributed by atoms with Gasteiger partial charge in [-0.3, -0.25) is 0 Å². The molecule has 0 saturated carbocycles. The fourth-order valence-corrected chi connectivity index (χ4v) is 2.62. The number of hydrogen-bond acceptors (Lipinski definition) is 4. The van der Waals surface area contributed by atoms with Crippen molar-refractivity contribution >= 4 is 11.8 Å². The Morgan fingerprint density at radius 3 is 2.64 bits per heavy atom. The summed E-state index contributed by atoms with van der Waals surface area (Å²) >= 11 is 0. The third-order valence-corrected chi connectivity index (χ3v) is 3.89. The second kappa shape index (κ2) is 11.7. The van der Waals surface area contributed by atoms with Crippen molar-refractivity contribution in [1.82, 2.24) is 15.6 Å². The fraction of sp³-hybridized carbons (Fsp3) is 0.684. The zero-order chi connectivity index (χ0) is 18.7. The molecule has 2 N–H and O–H groups in total. The van der Waals surface area contributed by atoms with Crippen molar-refractivity contribution in [2.24, 2.45) is 10.9 Å². The van der Waals surface area contributed by atoms with Gasteiger partial charge in [-0.1, -0.05) is 19.9 Å². The molecule has 0 amide bonds. The molecule has 1 heterocycles. The van der Waals surface area contributed by atoms with Crippen LogP contribution in [-0.2, 0) is 11.3 Å². The van der Waals surface area contributed by atoms with E-state index in [2.05, 4.69) is 42.5 Å². The zero-order valence-corrected chi connectivity index (χ0v) is 16.7. The van der Waals surface area contributed by atoms with Crippen molar-refractivity contribution in [3.05, 3.63) is 23.9 Å². The molecule has 1 rings (SSSR count). The highest BCUT2D eigenvalue weighted by molar-refractivity contribution is 5.79. The predicted molar refractivity (Wildman–Crippen MR) is 106 cm³/mol. The first kappa shape index (κ1) is 21.2. The summed E-state index contributed by atoms with van der Waals surface area (Å²) in [5, 5.41) is 6.71. The molecule has 1 aromatic rings. The van der Waals surface area contributed by atoms with Crippen LogP contribution < -0.4 is 15.5 Å². The summed E-state index contributed by atoms with van der Waals surface area (Å²) in [7, 11) is 4.00. The molecule has 1 aromatic heterocycles. The normalized spacial score (nSPS) is 13.0. The fourth-order valence-electron chi connectivity index (χ4n) is 2.62. The number of aromatic nitrogens is 1. The summed E-state index contributed by atoms with van der Waals surface area (Å²) in [4.78, 5) is 11.1. The molecule has 0 aliphatic carbocycles. The molecule has 0 aromatic carbocycles. The number of anilines is 1. The van der Waals surface area contributed by atoms with E-state index < -0.39 is 0 Å². The van der Waals surface area contributed by atoms with Crippen LogP contribution in [-0.4, -0.2) is 50.8 Å². The third kappa shape index (κ3) is 7.73. The lowest BCUT2D eigenvalue weighted by molar-refractivity contribution is 0.0258. The van der Waals surface area contributed by atoms with Gasteiger partial charge in [0.25, 0.3) is 0 Å². The number of nitrogens with one attached hydrogen (secondary N) is 2. The Morgan fingerprint density at radius 2 is 2.04 bits per heavy atom. The van der Waals surface area contributed by atoms with Gasteiger partial charge in [0.05, 0.1) is 12.6 Å². The second-order valence-corrected chi connectivity index (χ2v) is 6.53. The number of pyridine rings is 1. The van der Waals surface area contributed by atoms with Gasteiger partial charge in [-0.05, 0) is 32.3 Å². The number of ether oxygens (including phenoxy) is 1. The van der Waals surface area contributed by atoms with Gasteiger partial charge in [-0.15, -0.1) is 0 Å². The number of nitrogens with zero attached hydrogens (tertiary/aromatic N) is 3. The third-order valence-electron chi connectivity index (χ3n) is 3.89. The minimum atomic E-state index is 0.277. The van der Waals surface area contributed by atoms with E-state index in [1.165, 1.54) is 0 Å². The molecule has 0 fully saturated rings. The molecule has 1 unspecified atom stereocenters. The molecule has 0 radical (unpaired) electrons. The second-order valence-electron chi connectivity index (χ2n) is 6.53. The molecule has 142 valence electrons. The van der Waals surface area contributed by atoms with Gasteiger partial charge in [-0.2, -0.15) is 0 Å². The van der Waals surface area contributed by atoms with Gasteiger partial charge in [0.15, 0.2) is 5.96 Å². The van der Waals surface area contributed by atoms with Gasteiger partial charge < -0.3 is 20.3 Å². The Balaban J connectivity index is 2.65. The van der Waals surface area contributed by atoms with Crippen LogP contribution in [0.1, 0.15) is 39.7 Å². The van der Waals surface area contributed by atoms with Gasteiger partial charge in [-0.25, -0.2) is 9.98 Å². The first-order chi connectivity index (χ1) is 12.0. The van der Waals surface area contributed by atoms with E-state index in [1.54, 1.807) is 0 Å².